The van der Waals surface area contributed by atoms with E-state index in [1.807, 2.05) is 12.1 Å². The Kier molecular flexibility index (Phi) is 6.33. The van der Waals surface area contributed by atoms with Crippen LogP contribution in [0.2, 0.25) is 0 Å². The first-order chi connectivity index (χ1) is 12.0. The molecular weight excluding hydrogens is 329 g/mol. The smallest absolute Gasteiger partial charge is 0.261 e. The van der Waals surface area contributed by atoms with Crippen LogP contribution in [0.5, 0.6) is 0 Å². The number of rotatable bonds is 3. The second-order valence-corrected chi connectivity index (χ2v) is 5.50. The standard InChI is InChI=1S/C10H8F2N2O.C9H11F/c1-2-14-5-13-9-4-8(12)7(11)3-6(9)10(14)15;1-2-3-8-4-6-9(10)7-5-8/h3-5H,2H2,1H3;4-7H,2-3H2,1H3. The van der Waals surface area contributed by atoms with Crippen LogP contribution in [0.3, 0.4) is 0 Å². The van der Waals surface area contributed by atoms with Gasteiger partial charge >= 0.3 is 0 Å². The molecule has 1 heterocycles. The number of fused-ring (bicyclic) bond motifs is 1. The van der Waals surface area contributed by atoms with E-state index in [0.29, 0.717) is 6.54 Å². The third-order valence-corrected chi connectivity index (χ3v) is 3.66. The van der Waals surface area contributed by atoms with Gasteiger partial charge in [0.15, 0.2) is 11.6 Å². The molecular formula is C19H19F3N2O. The van der Waals surface area contributed by atoms with E-state index >= 15 is 0 Å². The molecule has 0 aliphatic carbocycles. The Balaban J connectivity index is 0.000000196. The molecule has 132 valence electrons. The largest absolute Gasteiger partial charge is 0.299 e. The molecule has 0 saturated carbocycles. The van der Waals surface area contributed by atoms with Gasteiger partial charge in [-0.2, -0.15) is 0 Å². The predicted molar refractivity (Wildman–Crippen MR) is 92.0 cm³/mol. The minimum absolute atomic E-state index is 0.0956. The highest BCUT2D eigenvalue weighted by atomic mass is 19.2. The molecule has 0 unspecified atom stereocenters. The molecule has 1 aromatic heterocycles. The lowest BCUT2D eigenvalue weighted by Crippen LogP contribution is -2.19. The van der Waals surface area contributed by atoms with Crippen molar-refractivity contribution in [2.45, 2.75) is 33.2 Å². The number of aromatic nitrogens is 2. The topological polar surface area (TPSA) is 34.9 Å². The van der Waals surface area contributed by atoms with Crippen LogP contribution in [-0.4, -0.2) is 9.55 Å². The van der Waals surface area contributed by atoms with Gasteiger partial charge in [-0.3, -0.25) is 9.36 Å². The molecule has 25 heavy (non-hydrogen) atoms. The first-order valence-corrected chi connectivity index (χ1v) is 8.04. The molecule has 0 aliphatic rings. The Bertz CT molecular complexity index is 905. The summed E-state index contributed by atoms with van der Waals surface area (Å²) in [5.74, 6) is -2.18. The van der Waals surface area contributed by atoms with E-state index in [9.17, 15) is 18.0 Å². The highest BCUT2D eigenvalue weighted by Crippen LogP contribution is 2.12. The Morgan fingerprint density at radius 1 is 1.00 bits per heavy atom. The zero-order chi connectivity index (χ0) is 18.4. The summed E-state index contributed by atoms with van der Waals surface area (Å²) < 4.78 is 39.4. The molecule has 6 heteroatoms. The number of hydrogen-bond acceptors (Lipinski definition) is 2. The predicted octanol–water partition coefficient (Wildman–Crippen LogP) is 4.47. The number of hydrogen-bond donors (Lipinski definition) is 0. The van der Waals surface area contributed by atoms with Crippen LogP contribution in [-0.2, 0) is 13.0 Å². The van der Waals surface area contributed by atoms with E-state index in [2.05, 4.69) is 11.9 Å². The summed E-state index contributed by atoms with van der Waals surface area (Å²) >= 11 is 0. The average molecular weight is 348 g/mol. The molecule has 0 amide bonds. The summed E-state index contributed by atoms with van der Waals surface area (Å²) in [7, 11) is 0. The first kappa shape index (κ1) is 18.7. The second kappa shape index (κ2) is 8.46. The molecule has 3 nitrogen and oxygen atoms in total. The van der Waals surface area contributed by atoms with Crippen molar-refractivity contribution >= 4 is 10.9 Å². The van der Waals surface area contributed by atoms with Gasteiger partial charge in [0.05, 0.1) is 17.2 Å². The molecule has 2 aromatic carbocycles. The first-order valence-electron chi connectivity index (χ1n) is 8.04. The van der Waals surface area contributed by atoms with E-state index < -0.39 is 11.6 Å². The molecule has 3 aromatic rings. The van der Waals surface area contributed by atoms with Crippen molar-refractivity contribution in [3.8, 4) is 0 Å². The SMILES string of the molecule is CCCc1ccc(F)cc1.CCn1cnc2cc(F)c(F)cc2c1=O. The summed E-state index contributed by atoms with van der Waals surface area (Å²) in [4.78, 5) is 15.5. The van der Waals surface area contributed by atoms with Gasteiger partial charge in [0.1, 0.15) is 5.82 Å². The Morgan fingerprint density at radius 2 is 1.64 bits per heavy atom. The van der Waals surface area contributed by atoms with Gasteiger partial charge < -0.3 is 0 Å². The minimum atomic E-state index is -1.03. The fraction of sp³-hybridized carbons (Fsp3) is 0.263. The average Bonchev–Trinajstić information content (AvgIpc) is 2.60. The van der Waals surface area contributed by atoms with Gasteiger partial charge in [0.25, 0.3) is 5.56 Å². The number of nitrogens with zero attached hydrogens (tertiary/aromatic N) is 2. The van der Waals surface area contributed by atoms with Crippen LogP contribution in [0.4, 0.5) is 13.2 Å². The summed E-state index contributed by atoms with van der Waals surface area (Å²) in [6.45, 7) is 4.33. The highest BCUT2D eigenvalue weighted by Gasteiger charge is 2.08. The van der Waals surface area contributed by atoms with Crippen molar-refractivity contribution in [1.29, 1.82) is 0 Å². The maximum absolute atomic E-state index is 12.9. The summed E-state index contributed by atoms with van der Waals surface area (Å²) in [5, 5.41) is 0.0956. The molecule has 3 rings (SSSR count). The van der Waals surface area contributed by atoms with Gasteiger partial charge in [-0.25, -0.2) is 18.2 Å². The van der Waals surface area contributed by atoms with Crippen molar-refractivity contribution < 1.29 is 13.2 Å². The lowest BCUT2D eigenvalue weighted by Gasteiger charge is -2.03. The fourth-order valence-electron chi connectivity index (χ4n) is 2.32. The zero-order valence-corrected chi connectivity index (χ0v) is 14.1. The van der Waals surface area contributed by atoms with Gasteiger partial charge in [0, 0.05) is 12.6 Å². The highest BCUT2D eigenvalue weighted by molar-refractivity contribution is 5.77. The van der Waals surface area contributed by atoms with Crippen molar-refractivity contribution in [1.82, 2.24) is 9.55 Å². The van der Waals surface area contributed by atoms with E-state index in [0.717, 1.165) is 25.0 Å². The molecule has 0 saturated heterocycles. The van der Waals surface area contributed by atoms with E-state index in [1.54, 1.807) is 6.92 Å². The third-order valence-electron chi connectivity index (χ3n) is 3.66. The molecule has 0 atom stereocenters. The van der Waals surface area contributed by atoms with Crippen molar-refractivity contribution in [3.05, 3.63) is 76.1 Å². The Morgan fingerprint density at radius 3 is 2.24 bits per heavy atom. The quantitative estimate of drug-likeness (QED) is 0.700. The zero-order valence-electron chi connectivity index (χ0n) is 14.1. The number of aryl methyl sites for hydroxylation is 2. The molecule has 0 radical (unpaired) electrons. The van der Waals surface area contributed by atoms with Crippen LogP contribution in [0.15, 0.2) is 47.5 Å². The van der Waals surface area contributed by atoms with E-state index in [1.165, 1.54) is 28.6 Å². The molecule has 0 fully saturated rings. The van der Waals surface area contributed by atoms with E-state index in [-0.39, 0.29) is 22.3 Å². The molecule has 0 bridgehead atoms. The third kappa shape index (κ3) is 4.68. The van der Waals surface area contributed by atoms with Crippen LogP contribution < -0.4 is 5.56 Å². The van der Waals surface area contributed by atoms with Crippen LogP contribution >= 0.6 is 0 Å². The Hall–Kier alpha value is -2.63. The fourth-order valence-corrected chi connectivity index (χ4v) is 2.32. The number of halogens is 3. The lowest BCUT2D eigenvalue weighted by atomic mass is 10.1. The van der Waals surface area contributed by atoms with Crippen LogP contribution in [0.25, 0.3) is 10.9 Å². The lowest BCUT2D eigenvalue weighted by molar-refractivity contribution is 0.510. The van der Waals surface area contributed by atoms with Crippen LogP contribution in [0, 0.1) is 17.5 Å². The summed E-state index contributed by atoms with van der Waals surface area (Å²) in [5.41, 5.74) is 1.02. The Labute approximate surface area is 143 Å². The van der Waals surface area contributed by atoms with Crippen molar-refractivity contribution in [3.63, 3.8) is 0 Å². The normalized spacial score (nSPS) is 10.4. The van der Waals surface area contributed by atoms with E-state index in [4.69, 9.17) is 0 Å². The maximum atomic E-state index is 12.9. The van der Waals surface area contributed by atoms with Crippen molar-refractivity contribution in [2.24, 2.45) is 0 Å². The van der Waals surface area contributed by atoms with Gasteiger partial charge in [-0.1, -0.05) is 25.5 Å². The van der Waals surface area contributed by atoms with Crippen LogP contribution in [0.1, 0.15) is 25.8 Å². The molecule has 0 aliphatic heterocycles. The molecule has 0 N–H and O–H groups in total. The second-order valence-electron chi connectivity index (χ2n) is 5.50. The number of benzene rings is 2. The van der Waals surface area contributed by atoms with Gasteiger partial charge in [-0.15, -0.1) is 0 Å². The monoisotopic (exact) mass is 348 g/mol. The van der Waals surface area contributed by atoms with Gasteiger partial charge in [-0.05, 0) is 37.1 Å². The minimum Gasteiger partial charge on any atom is -0.299 e. The summed E-state index contributed by atoms with van der Waals surface area (Å²) in [6.07, 6.45) is 3.48. The summed E-state index contributed by atoms with van der Waals surface area (Å²) in [6, 6.07) is 8.48. The van der Waals surface area contributed by atoms with Gasteiger partial charge in [0.2, 0.25) is 0 Å². The maximum Gasteiger partial charge on any atom is 0.261 e. The van der Waals surface area contributed by atoms with Crippen molar-refractivity contribution in [2.75, 3.05) is 0 Å². The molecule has 0 spiro atoms.